The Bertz CT molecular complexity index is 1390. The van der Waals surface area contributed by atoms with Gasteiger partial charge in [0.05, 0.1) is 4.90 Å². The largest absolute Gasteiger partial charge is 0.361 e. The maximum Gasteiger partial charge on any atom is 0.251 e. The van der Waals surface area contributed by atoms with Crippen LogP contribution in [0.3, 0.4) is 0 Å². The molecule has 0 saturated heterocycles. The van der Waals surface area contributed by atoms with Gasteiger partial charge in [-0.05, 0) is 54.3 Å². The van der Waals surface area contributed by atoms with Crippen molar-refractivity contribution in [3.8, 4) is 0 Å². The Morgan fingerprint density at radius 1 is 1.03 bits per heavy atom. The number of hydrogen-bond donors (Lipinski definition) is 3. The molecular formula is C25H25N3O3S. The molecule has 4 aromatic rings. The van der Waals surface area contributed by atoms with E-state index in [-0.39, 0.29) is 22.3 Å². The molecule has 0 aliphatic heterocycles. The summed E-state index contributed by atoms with van der Waals surface area (Å²) in [6.45, 7) is 3.79. The first-order valence-electron chi connectivity index (χ1n) is 10.3. The lowest BCUT2D eigenvalue weighted by atomic mass is 9.91. The number of nitrogens with one attached hydrogen (secondary N) is 2. The highest BCUT2D eigenvalue weighted by atomic mass is 32.2. The summed E-state index contributed by atoms with van der Waals surface area (Å²) in [5.41, 5.74) is 4.69. The van der Waals surface area contributed by atoms with Crippen LogP contribution < -0.4 is 10.5 Å². The van der Waals surface area contributed by atoms with E-state index < -0.39 is 10.0 Å². The molecule has 4 rings (SSSR count). The zero-order valence-corrected chi connectivity index (χ0v) is 18.7. The monoisotopic (exact) mass is 447 g/mol. The van der Waals surface area contributed by atoms with Crippen molar-refractivity contribution in [2.75, 3.05) is 6.54 Å². The van der Waals surface area contributed by atoms with Crippen molar-refractivity contribution in [2.45, 2.75) is 24.7 Å². The highest BCUT2D eigenvalue weighted by Gasteiger charge is 2.21. The average molecular weight is 448 g/mol. The maximum atomic E-state index is 13.0. The standard InChI is InChI=1S/C25H25N3O3S/c1-16-12-19(13-24(17(16)2)32(26,30)31)25(29)28-14-21(18-8-4-3-5-9-18)22-15-27-23-11-7-6-10-20(22)23/h3-13,15,21,27H,14H2,1-2H3,(H,28,29)(H2,26,30,31). The minimum absolute atomic E-state index is 0.0288. The highest BCUT2D eigenvalue weighted by molar-refractivity contribution is 7.89. The fourth-order valence-corrected chi connectivity index (χ4v) is 4.90. The summed E-state index contributed by atoms with van der Waals surface area (Å²) in [6, 6.07) is 21.0. The van der Waals surface area contributed by atoms with Crippen molar-refractivity contribution in [1.29, 1.82) is 0 Å². The molecule has 0 aliphatic carbocycles. The molecule has 4 N–H and O–H groups in total. The van der Waals surface area contributed by atoms with E-state index in [0.717, 1.165) is 22.0 Å². The topological polar surface area (TPSA) is 105 Å². The zero-order valence-electron chi connectivity index (χ0n) is 17.9. The van der Waals surface area contributed by atoms with Crippen LogP contribution in [0.2, 0.25) is 0 Å². The Labute approximate surface area is 187 Å². The van der Waals surface area contributed by atoms with Gasteiger partial charge in [-0.3, -0.25) is 4.79 Å². The predicted octanol–water partition coefficient (Wildman–Crippen LogP) is 3.99. The van der Waals surface area contributed by atoms with Gasteiger partial charge in [0.2, 0.25) is 10.0 Å². The molecule has 32 heavy (non-hydrogen) atoms. The molecule has 3 aromatic carbocycles. The number of primary sulfonamides is 1. The van der Waals surface area contributed by atoms with Crippen molar-refractivity contribution >= 4 is 26.8 Å². The van der Waals surface area contributed by atoms with Crippen molar-refractivity contribution in [2.24, 2.45) is 5.14 Å². The Kier molecular flexibility index (Phi) is 5.86. The second kappa shape index (κ2) is 8.61. The van der Waals surface area contributed by atoms with E-state index in [1.54, 1.807) is 19.9 Å². The molecule has 0 spiro atoms. The number of sulfonamides is 1. The van der Waals surface area contributed by atoms with Crippen LogP contribution in [0.25, 0.3) is 10.9 Å². The van der Waals surface area contributed by atoms with Gasteiger partial charge in [0, 0.05) is 35.1 Å². The van der Waals surface area contributed by atoms with Gasteiger partial charge in [-0.1, -0.05) is 48.5 Å². The molecule has 1 unspecified atom stereocenters. The number of nitrogens with two attached hydrogens (primary N) is 1. The first-order valence-corrected chi connectivity index (χ1v) is 11.8. The van der Waals surface area contributed by atoms with E-state index >= 15 is 0 Å². The first kappa shape index (κ1) is 21.8. The van der Waals surface area contributed by atoms with E-state index in [1.165, 1.54) is 6.07 Å². The Morgan fingerprint density at radius 3 is 2.44 bits per heavy atom. The number of aromatic amines is 1. The van der Waals surface area contributed by atoms with Gasteiger partial charge >= 0.3 is 0 Å². The van der Waals surface area contributed by atoms with Gasteiger partial charge in [-0.15, -0.1) is 0 Å². The van der Waals surface area contributed by atoms with E-state index in [2.05, 4.69) is 16.4 Å². The van der Waals surface area contributed by atoms with Gasteiger partial charge in [-0.25, -0.2) is 13.6 Å². The van der Waals surface area contributed by atoms with Gasteiger partial charge in [0.25, 0.3) is 5.91 Å². The number of carbonyl (C=O) groups is 1. The third-order valence-corrected chi connectivity index (χ3v) is 6.89. The summed E-state index contributed by atoms with van der Waals surface area (Å²) in [7, 11) is -3.93. The smallest absolute Gasteiger partial charge is 0.251 e. The number of aromatic nitrogens is 1. The number of fused-ring (bicyclic) bond motifs is 1. The number of para-hydroxylation sites is 1. The molecule has 0 fully saturated rings. The van der Waals surface area contributed by atoms with Crippen LogP contribution in [0.1, 0.15) is 38.5 Å². The lowest BCUT2D eigenvalue weighted by Crippen LogP contribution is -2.29. The number of carbonyl (C=O) groups excluding carboxylic acids is 1. The first-order chi connectivity index (χ1) is 15.3. The van der Waals surface area contributed by atoms with Crippen LogP contribution in [-0.4, -0.2) is 25.9 Å². The zero-order chi connectivity index (χ0) is 22.9. The number of H-pyrrole nitrogens is 1. The summed E-state index contributed by atoms with van der Waals surface area (Å²) in [5, 5.41) is 9.43. The summed E-state index contributed by atoms with van der Waals surface area (Å²) in [4.78, 5) is 16.3. The van der Waals surface area contributed by atoms with Crippen LogP contribution in [0, 0.1) is 13.8 Å². The summed E-state index contributed by atoms with van der Waals surface area (Å²) in [6.07, 6.45) is 1.98. The molecule has 7 heteroatoms. The number of aryl methyl sites for hydroxylation is 1. The molecule has 0 saturated carbocycles. The van der Waals surface area contributed by atoms with Gasteiger partial charge < -0.3 is 10.3 Å². The quantitative estimate of drug-likeness (QED) is 0.416. The van der Waals surface area contributed by atoms with Crippen LogP contribution in [-0.2, 0) is 10.0 Å². The Hall–Kier alpha value is -3.42. The van der Waals surface area contributed by atoms with Crippen LogP contribution >= 0.6 is 0 Å². The Balaban J connectivity index is 1.66. The third-order valence-electron chi connectivity index (χ3n) is 5.85. The summed E-state index contributed by atoms with van der Waals surface area (Å²) < 4.78 is 23.9. The molecule has 1 aromatic heterocycles. The number of amides is 1. The second-order valence-electron chi connectivity index (χ2n) is 7.92. The van der Waals surface area contributed by atoms with Crippen molar-refractivity contribution in [3.63, 3.8) is 0 Å². The minimum Gasteiger partial charge on any atom is -0.361 e. The van der Waals surface area contributed by atoms with Crippen molar-refractivity contribution < 1.29 is 13.2 Å². The lowest BCUT2D eigenvalue weighted by Gasteiger charge is -2.19. The Morgan fingerprint density at radius 2 is 1.72 bits per heavy atom. The van der Waals surface area contributed by atoms with Crippen molar-refractivity contribution in [1.82, 2.24) is 10.3 Å². The van der Waals surface area contributed by atoms with Gasteiger partial charge in [0.1, 0.15) is 0 Å². The van der Waals surface area contributed by atoms with E-state index in [9.17, 15) is 13.2 Å². The van der Waals surface area contributed by atoms with E-state index in [1.807, 2.05) is 54.7 Å². The lowest BCUT2D eigenvalue weighted by molar-refractivity contribution is 0.0952. The van der Waals surface area contributed by atoms with Crippen LogP contribution in [0.15, 0.2) is 77.8 Å². The minimum atomic E-state index is -3.93. The molecular weight excluding hydrogens is 422 g/mol. The fourth-order valence-electron chi connectivity index (χ4n) is 4.03. The molecule has 0 bridgehead atoms. The van der Waals surface area contributed by atoms with Gasteiger partial charge in [-0.2, -0.15) is 0 Å². The number of rotatable bonds is 6. The molecule has 1 amide bonds. The van der Waals surface area contributed by atoms with E-state index in [4.69, 9.17) is 5.14 Å². The second-order valence-corrected chi connectivity index (χ2v) is 9.45. The molecule has 0 radical (unpaired) electrons. The van der Waals surface area contributed by atoms with Gasteiger partial charge in [0.15, 0.2) is 0 Å². The third kappa shape index (κ3) is 4.30. The predicted molar refractivity (Wildman–Crippen MR) is 126 cm³/mol. The van der Waals surface area contributed by atoms with Crippen LogP contribution in [0.5, 0.6) is 0 Å². The fraction of sp³-hybridized carbons (Fsp3) is 0.160. The normalized spacial score (nSPS) is 12.6. The number of benzene rings is 3. The molecule has 1 heterocycles. The highest BCUT2D eigenvalue weighted by Crippen LogP contribution is 2.30. The molecule has 0 aliphatic rings. The van der Waals surface area contributed by atoms with Crippen molar-refractivity contribution in [3.05, 3.63) is 101 Å². The molecule has 6 nitrogen and oxygen atoms in total. The average Bonchev–Trinajstić information content (AvgIpc) is 3.19. The summed E-state index contributed by atoms with van der Waals surface area (Å²) in [5.74, 6) is -0.431. The molecule has 1 atom stereocenters. The summed E-state index contributed by atoms with van der Waals surface area (Å²) >= 11 is 0. The van der Waals surface area contributed by atoms with E-state index in [0.29, 0.717) is 17.7 Å². The van der Waals surface area contributed by atoms with Crippen LogP contribution in [0.4, 0.5) is 0 Å². The SMILES string of the molecule is Cc1cc(C(=O)NCC(c2ccccc2)c2c[nH]c3ccccc23)cc(S(N)(=O)=O)c1C. The maximum absolute atomic E-state index is 13.0. The molecule has 164 valence electrons. The number of hydrogen-bond acceptors (Lipinski definition) is 3.